The van der Waals surface area contributed by atoms with E-state index in [4.69, 9.17) is 20.7 Å². The van der Waals surface area contributed by atoms with Gasteiger partial charge in [-0.3, -0.25) is 20.1 Å². The summed E-state index contributed by atoms with van der Waals surface area (Å²) in [5.41, 5.74) is 0. The molecule has 4 aliphatic rings. The number of rotatable bonds is 0. The summed E-state index contributed by atoms with van der Waals surface area (Å²) in [6, 6.07) is 0. The summed E-state index contributed by atoms with van der Waals surface area (Å²) in [5, 5.41) is 29.4. The Labute approximate surface area is 185 Å². The van der Waals surface area contributed by atoms with Crippen LogP contribution in [0.15, 0.2) is 0 Å². The first-order valence-electron chi connectivity index (χ1n) is 9.15. The molecule has 30 heavy (non-hydrogen) atoms. The molecule has 178 valence electrons. The normalized spacial score (nSPS) is 28.0. The van der Waals surface area contributed by atoms with E-state index < -0.39 is 25.8 Å². The van der Waals surface area contributed by atoms with E-state index in [1.165, 1.54) is 0 Å². The summed E-state index contributed by atoms with van der Waals surface area (Å²) < 4.78 is 41.8. The Morgan fingerprint density at radius 3 is 1.57 bits per heavy atom. The van der Waals surface area contributed by atoms with Gasteiger partial charge in [-0.2, -0.15) is 23.5 Å². The number of carbonyl (C=O) groups is 2. The zero-order valence-electron chi connectivity index (χ0n) is 16.5. The summed E-state index contributed by atoms with van der Waals surface area (Å²) >= 11 is 3.56. The van der Waals surface area contributed by atoms with E-state index in [2.05, 4.69) is 0 Å². The predicted octanol–water partition coefficient (Wildman–Crippen LogP) is -0.266. The van der Waals surface area contributed by atoms with Crippen LogP contribution in [0.4, 0.5) is 0 Å². The van der Waals surface area contributed by atoms with Gasteiger partial charge in [0.05, 0.1) is 35.2 Å². The molecule has 4 heterocycles. The Kier molecular flexibility index (Phi) is 15.4. The zero-order chi connectivity index (χ0) is 23.2. The molecule has 0 bridgehead atoms. The highest BCUT2D eigenvalue weighted by Crippen LogP contribution is 2.16. The largest absolute Gasteiger partial charge is 0.392 e. The molecule has 0 aliphatic carbocycles. The molecule has 4 fully saturated rings. The molecule has 2 unspecified atom stereocenters. The first-order valence-corrected chi connectivity index (χ1v) is 15.1. The topological polar surface area (TPSA) is 183 Å². The highest BCUT2D eigenvalue weighted by molar-refractivity contribution is 8.00. The lowest BCUT2D eigenvalue weighted by Gasteiger charge is -1.90. The van der Waals surface area contributed by atoms with Crippen molar-refractivity contribution in [2.45, 2.75) is 37.9 Å². The maximum absolute atomic E-state index is 10.5. The number of sulfone groups is 2. The van der Waals surface area contributed by atoms with Crippen LogP contribution in [0.25, 0.3) is 0 Å². The van der Waals surface area contributed by atoms with Crippen LogP contribution in [0.1, 0.15) is 25.7 Å². The minimum Gasteiger partial charge on any atom is -0.392 e. The van der Waals surface area contributed by atoms with Crippen molar-refractivity contribution >= 4 is 54.8 Å². The van der Waals surface area contributed by atoms with Crippen LogP contribution < -0.4 is 0 Å². The monoisotopic (exact) mass is 510 g/mol. The van der Waals surface area contributed by atoms with Crippen LogP contribution in [-0.4, -0.2) is 107 Å². The number of aliphatic hydroxyl groups excluding tert-OH is 2. The molecular formula is C16H30O10S4. The molecule has 0 spiro atoms. The van der Waals surface area contributed by atoms with Crippen LogP contribution in [-0.2, 0) is 29.3 Å². The highest BCUT2D eigenvalue weighted by atomic mass is 32.2. The standard InChI is InChI=1S/C4H8O3S.C4H6O3S.C4H8OS.C4H6OS.H2O2/c2*5-4-1-2-8(6,7)3-4;2*5-4-1-2-6-3-4;1-2/h4-5H,1-3H2;1-3H2;4-5H,1-3H2;1-3H2;1-2H. The van der Waals surface area contributed by atoms with Crippen molar-refractivity contribution in [2.24, 2.45) is 0 Å². The van der Waals surface area contributed by atoms with E-state index >= 15 is 0 Å². The molecule has 10 nitrogen and oxygen atoms in total. The summed E-state index contributed by atoms with van der Waals surface area (Å²) in [5.74, 6) is 4.16. The fraction of sp³-hybridized carbons (Fsp3) is 0.875. The Morgan fingerprint density at radius 1 is 0.767 bits per heavy atom. The second-order valence-corrected chi connectivity index (χ2v) is 13.5. The number of hydrogen-bond donors (Lipinski definition) is 4. The second kappa shape index (κ2) is 15.6. The van der Waals surface area contributed by atoms with Crippen molar-refractivity contribution in [1.82, 2.24) is 0 Å². The van der Waals surface area contributed by atoms with Crippen molar-refractivity contribution in [1.29, 1.82) is 0 Å². The van der Waals surface area contributed by atoms with E-state index in [9.17, 15) is 26.4 Å². The molecule has 0 aromatic carbocycles. The summed E-state index contributed by atoms with van der Waals surface area (Å²) in [6.07, 6.45) is 1.87. The highest BCUT2D eigenvalue weighted by Gasteiger charge is 2.25. The molecule has 0 aromatic rings. The van der Waals surface area contributed by atoms with E-state index in [0.29, 0.717) is 12.2 Å². The van der Waals surface area contributed by atoms with Gasteiger partial charge in [0.2, 0.25) is 0 Å². The lowest BCUT2D eigenvalue weighted by molar-refractivity contribution is -0.176. The molecule has 2 atom stereocenters. The molecule has 0 radical (unpaired) electrons. The summed E-state index contributed by atoms with van der Waals surface area (Å²) in [4.78, 5) is 20.5. The molecule has 4 aliphatic heterocycles. The number of carbonyl (C=O) groups excluding carboxylic acids is 2. The quantitative estimate of drug-likeness (QED) is 0.247. The van der Waals surface area contributed by atoms with Crippen LogP contribution >= 0.6 is 23.5 Å². The smallest absolute Gasteiger partial charge is 0.157 e. The number of thioether (sulfide) groups is 2. The van der Waals surface area contributed by atoms with Gasteiger partial charge in [-0.05, 0) is 18.6 Å². The Hall–Kier alpha value is -0.220. The SMILES string of the molecule is O=C1CCS(=O)(=O)C1.O=C1CCSC1.O=S1(=O)CCC(O)C1.OC1CCSC1.OO. The molecule has 0 amide bonds. The van der Waals surface area contributed by atoms with Crippen molar-refractivity contribution in [2.75, 3.05) is 46.0 Å². The van der Waals surface area contributed by atoms with Gasteiger partial charge in [0, 0.05) is 24.3 Å². The molecule has 0 aromatic heterocycles. The minimum atomic E-state index is -2.95. The third-order valence-electron chi connectivity index (χ3n) is 3.98. The van der Waals surface area contributed by atoms with Gasteiger partial charge < -0.3 is 10.2 Å². The van der Waals surface area contributed by atoms with Crippen molar-refractivity contribution < 1.29 is 47.2 Å². The van der Waals surface area contributed by atoms with Gasteiger partial charge in [0.25, 0.3) is 0 Å². The fourth-order valence-corrected chi connectivity index (χ4v) is 7.20. The molecule has 4 saturated heterocycles. The third-order valence-corrected chi connectivity index (χ3v) is 9.48. The summed E-state index contributed by atoms with van der Waals surface area (Å²) in [7, 11) is -5.79. The third kappa shape index (κ3) is 15.6. The molecule has 0 saturated carbocycles. The first-order chi connectivity index (χ1) is 14.0. The van der Waals surface area contributed by atoms with Crippen molar-refractivity contribution in [3.63, 3.8) is 0 Å². The molecular weight excluding hydrogens is 480 g/mol. The van der Waals surface area contributed by atoms with Gasteiger partial charge in [-0.25, -0.2) is 16.8 Å². The number of ketones is 2. The average Bonchev–Trinajstić information content (AvgIpc) is 3.44. The van der Waals surface area contributed by atoms with Gasteiger partial charge in [-0.1, -0.05) is 0 Å². The number of Topliss-reactive ketones (excluding diaryl/α,β-unsaturated/α-hetero) is 2. The van der Waals surface area contributed by atoms with Crippen LogP contribution in [0.3, 0.4) is 0 Å². The van der Waals surface area contributed by atoms with Crippen LogP contribution in [0.5, 0.6) is 0 Å². The maximum atomic E-state index is 10.5. The second-order valence-electron chi connectivity index (χ2n) is 6.80. The van der Waals surface area contributed by atoms with E-state index in [1.807, 2.05) is 11.8 Å². The predicted molar refractivity (Wildman–Crippen MR) is 118 cm³/mol. The van der Waals surface area contributed by atoms with Gasteiger partial charge in [-0.15, -0.1) is 0 Å². The molecule has 14 heteroatoms. The average molecular weight is 511 g/mol. The molecule has 4 rings (SSSR count). The first kappa shape index (κ1) is 29.8. The maximum Gasteiger partial charge on any atom is 0.157 e. The lowest BCUT2D eigenvalue weighted by atomic mass is 10.3. The fourth-order valence-electron chi connectivity index (χ4n) is 2.40. The molecule has 4 N–H and O–H groups in total. The Morgan fingerprint density at radius 2 is 1.43 bits per heavy atom. The summed E-state index contributed by atoms with van der Waals surface area (Å²) in [6.45, 7) is 0. The van der Waals surface area contributed by atoms with E-state index in [0.717, 1.165) is 35.9 Å². The zero-order valence-corrected chi connectivity index (χ0v) is 19.8. The number of hydrogen-bond acceptors (Lipinski definition) is 12. The van der Waals surface area contributed by atoms with Crippen molar-refractivity contribution in [3.8, 4) is 0 Å². The number of aliphatic hydroxyl groups is 2. The van der Waals surface area contributed by atoms with Gasteiger partial charge in [0.1, 0.15) is 17.3 Å². The Balaban J connectivity index is 0.000000366. The van der Waals surface area contributed by atoms with Crippen LogP contribution in [0, 0.1) is 0 Å². The van der Waals surface area contributed by atoms with E-state index in [1.54, 1.807) is 11.8 Å². The van der Waals surface area contributed by atoms with Gasteiger partial charge in [0.15, 0.2) is 19.7 Å². The lowest BCUT2D eigenvalue weighted by Crippen LogP contribution is -2.07. The van der Waals surface area contributed by atoms with Gasteiger partial charge >= 0.3 is 0 Å². The van der Waals surface area contributed by atoms with Crippen LogP contribution in [0.2, 0.25) is 0 Å². The Bertz CT molecular complexity index is 706. The van der Waals surface area contributed by atoms with E-state index in [-0.39, 0.29) is 41.3 Å². The minimum absolute atomic E-state index is 0.00926. The van der Waals surface area contributed by atoms with Crippen molar-refractivity contribution in [3.05, 3.63) is 0 Å².